The first-order valence-corrected chi connectivity index (χ1v) is 8.05. The van der Waals surface area contributed by atoms with Crippen LogP contribution in [0, 0.1) is 0 Å². The molecular formula is C17H21ClN2O. The van der Waals surface area contributed by atoms with Gasteiger partial charge in [-0.15, -0.1) is 0 Å². The molecule has 1 aliphatic carbocycles. The largest absolute Gasteiger partial charge is 0.388 e. The molecule has 1 saturated carbocycles. The Morgan fingerprint density at radius 3 is 2.67 bits per heavy atom. The number of anilines is 1. The molecule has 0 unspecified atom stereocenters. The first kappa shape index (κ1) is 14.6. The van der Waals surface area contributed by atoms with Crippen molar-refractivity contribution in [1.82, 2.24) is 4.98 Å². The fourth-order valence-corrected chi connectivity index (χ4v) is 3.26. The molecule has 0 amide bonds. The number of aromatic nitrogens is 1. The highest BCUT2D eigenvalue weighted by atomic mass is 35.5. The van der Waals surface area contributed by atoms with Gasteiger partial charge in [-0.25, -0.2) is 0 Å². The molecule has 112 valence electrons. The molecule has 3 nitrogen and oxygen atoms in total. The summed E-state index contributed by atoms with van der Waals surface area (Å²) in [5.74, 6) is 0. The lowest BCUT2D eigenvalue weighted by atomic mass is 9.94. The summed E-state index contributed by atoms with van der Waals surface area (Å²) in [6.45, 7) is 0.592. The van der Waals surface area contributed by atoms with E-state index in [-0.39, 0.29) is 0 Å². The third kappa shape index (κ3) is 3.47. The summed E-state index contributed by atoms with van der Waals surface area (Å²) in [5, 5.41) is 15.9. The molecule has 1 aromatic carbocycles. The minimum atomic E-state index is -0.585. The van der Waals surface area contributed by atoms with Crippen molar-refractivity contribution >= 4 is 28.2 Å². The summed E-state index contributed by atoms with van der Waals surface area (Å²) < 4.78 is 0. The molecule has 4 heteroatoms. The number of nitrogens with one attached hydrogen (secondary N) is 1. The molecule has 1 heterocycles. The molecule has 3 rings (SSSR count). The number of halogens is 1. The zero-order chi connectivity index (χ0) is 14.7. The van der Waals surface area contributed by atoms with E-state index in [1.54, 1.807) is 6.20 Å². The zero-order valence-electron chi connectivity index (χ0n) is 12.1. The van der Waals surface area contributed by atoms with Gasteiger partial charge in [-0.1, -0.05) is 37.3 Å². The average Bonchev–Trinajstić information content (AvgIpc) is 2.70. The number of rotatable bonds is 3. The standard InChI is InChI=1S/C17H21ClN2O/c18-13-5-6-14-15(7-10-19-16(14)11-13)20-12-17(21)8-3-1-2-4-9-17/h5-7,10-11,21H,1-4,8-9,12H2,(H,19,20). The van der Waals surface area contributed by atoms with Crippen LogP contribution in [0.25, 0.3) is 10.9 Å². The van der Waals surface area contributed by atoms with Crippen molar-refractivity contribution in [3.05, 3.63) is 35.5 Å². The Bertz CT molecular complexity index is 621. The van der Waals surface area contributed by atoms with Crippen LogP contribution in [-0.4, -0.2) is 22.2 Å². The fourth-order valence-electron chi connectivity index (χ4n) is 3.10. The first-order valence-electron chi connectivity index (χ1n) is 7.67. The van der Waals surface area contributed by atoms with Gasteiger partial charge >= 0.3 is 0 Å². The van der Waals surface area contributed by atoms with Crippen LogP contribution in [0.3, 0.4) is 0 Å². The number of benzene rings is 1. The van der Waals surface area contributed by atoms with E-state index >= 15 is 0 Å². The predicted molar refractivity (Wildman–Crippen MR) is 87.9 cm³/mol. The van der Waals surface area contributed by atoms with Crippen LogP contribution in [0.2, 0.25) is 5.02 Å². The molecule has 2 aromatic rings. The molecule has 1 aromatic heterocycles. The van der Waals surface area contributed by atoms with Gasteiger partial charge in [0.25, 0.3) is 0 Å². The van der Waals surface area contributed by atoms with Crippen molar-refractivity contribution in [2.24, 2.45) is 0 Å². The molecule has 0 radical (unpaired) electrons. The molecule has 21 heavy (non-hydrogen) atoms. The van der Waals surface area contributed by atoms with Crippen LogP contribution in [-0.2, 0) is 0 Å². The van der Waals surface area contributed by atoms with Crippen molar-refractivity contribution in [3.8, 4) is 0 Å². The third-order valence-corrected chi connectivity index (χ3v) is 4.58. The number of hydrogen-bond acceptors (Lipinski definition) is 3. The maximum Gasteiger partial charge on any atom is 0.0819 e. The molecule has 1 fully saturated rings. The van der Waals surface area contributed by atoms with Gasteiger partial charge in [0.05, 0.1) is 11.1 Å². The van der Waals surface area contributed by atoms with Crippen LogP contribution in [0.4, 0.5) is 5.69 Å². The van der Waals surface area contributed by atoms with Gasteiger partial charge < -0.3 is 10.4 Å². The van der Waals surface area contributed by atoms with Crippen LogP contribution < -0.4 is 5.32 Å². The van der Waals surface area contributed by atoms with E-state index in [4.69, 9.17) is 11.6 Å². The smallest absolute Gasteiger partial charge is 0.0819 e. The van der Waals surface area contributed by atoms with Gasteiger partial charge in [0.15, 0.2) is 0 Å². The Kier molecular flexibility index (Phi) is 4.32. The van der Waals surface area contributed by atoms with Crippen LogP contribution in [0.15, 0.2) is 30.5 Å². The number of pyridine rings is 1. The maximum absolute atomic E-state index is 10.7. The number of aliphatic hydroxyl groups is 1. The Morgan fingerprint density at radius 1 is 1.14 bits per heavy atom. The first-order chi connectivity index (χ1) is 10.2. The summed E-state index contributed by atoms with van der Waals surface area (Å²) >= 11 is 6.01. The summed E-state index contributed by atoms with van der Waals surface area (Å²) in [6, 6.07) is 7.67. The average molecular weight is 305 g/mol. The molecule has 0 spiro atoms. The number of nitrogens with zero attached hydrogens (tertiary/aromatic N) is 1. The Morgan fingerprint density at radius 2 is 1.90 bits per heavy atom. The van der Waals surface area contributed by atoms with Gasteiger partial charge in [-0.2, -0.15) is 0 Å². The summed E-state index contributed by atoms with van der Waals surface area (Å²) in [6.07, 6.45) is 8.25. The van der Waals surface area contributed by atoms with E-state index < -0.39 is 5.60 Å². The number of fused-ring (bicyclic) bond motifs is 1. The van der Waals surface area contributed by atoms with Crippen molar-refractivity contribution in [1.29, 1.82) is 0 Å². The normalized spacial score (nSPS) is 18.4. The van der Waals surface area contributed by atoms with Crippen LogP contribution in [0.5, 0.6) is 0 Å². The lowest BCUT2D eigenvalue weighted by Crippen LogP contribution is -2.36. The van der Waals surface area contributed by atoms with E-state index in [9.17, 15) is 5.11 Å². The second kappa shape index (κ2) is 6.20. The van der Waals surface area contributed by atoms with Gasteiger partial charge in [-0.05, 0) is 37.1 Å². The predicted octanol–water partition coefficient (Wildman–Crippen LogP) is 4.39. The summed E-state index contributed by atoms with van der Waals surface area (Å²) in [5.41, 5.74) is 1.30. The van der Waals surface area contributed by atoms with Crippen molar-refractivity contribution in [2.75, 3.05) is 11.9 Å². The van der Waals surface area contributed by atoms with E-state index in [0.717, 1.165) is 42.3 Å². The van der Waals surface area contributed by atoms with Gasteiger partial charge in [0.1, 0.15) is 0 Å². The van der Waals surface area contributed by atoms with Crippen molar-refractivity contribution < 1.29 is 5.11 Å². The van der Waals surface area contributed by atoms with Crippen molar-refractivity contribution in [3.63, 3.8) is 0 Å². The second-order valence-electron chi connectivity index (χ2n) is 6.01. The summed E-state index contributed by atoms with van der Waals surface area (Å²) in [7, 11) is 0. The SMILES string of the molecule is OC1(CNc2ccnc3cc(Cl)ccc23)CCCCCC1. The highest BCUT2D eigenvalue weighted by molar-refractivity contribution is 6.31. The van der Waals surface area contributed by atoms with E-state index in [1.165, 1.54) is 12.8 Å². The molecule has 2 N–H and O–H groups in total. The van der Waals surface area contributed by atoms with E-state index in [1.807, 2.05) is 24.3 Å². The van der Waals surface area contributed by atoms with Crippen molar-refractivity contribution in [2.45, 2.75) is 44.1 Å². The second-order valence-corrected chi connectivity index (χ2v) is 6.45. The van der Waals surface area contributed by atoms with Crippen LogP contribution >= 0.6 is 11.6 Å². The summed E-state index contributed by atoms with van der Waals surface area (Å²) in [4.78, 5) is 4.34. The molecule has 0 atom stereocenters. The van der Waals surface area contributed by atoms with Gasteiger partial charge in [0.2, 0.25) is 0 Å². The molecule has 0 aliphatic heterocycles. The van der Waals surface area contributed by atoms with E-state index in [2.05, 4.69) is 10.3 Å². The third-order valence-electron chi connectivity index (χ3n) is 4.35. The highest BCUT2D eigenvalue weighted by Gasteiger charge is 2.27. The monoisotopic (exact) mass is 304 g/mol. The molecule has 0 saturated heterocycles. The lowest BCUT2D eigenvalue weighted by Gasteiger charge is -2.27. The maximum atomic E-state index is 10.7. The Hall–Kier alpha value is -1.32. The topological polar surface area (TPSA) is 45.1 Å². The highest BCUT2D eigenvalue weighted by Crippen LogP contribution is 2.29. The van der Waals surface area contributed by atoms with Gasteiger partial charge in [0, 0.05) is 28.8 Å². The molecule has 0 bridgehead atoms. The molecule has 1 aliphatic rings. The fraction of sp³-hybridized carbons (Fsp3) is 0.471. The quantitative estimate of drug-likeness (QED) is 0.827. The van der Waals surface area contributed by atoms with Gasteiger partial charge in [-0.3, -0.25) is 4.98 Å². The zero-order valence-corrected chi connectivity index (χ0v) is 12.9. The number of hydrogen-bond donors (Lipinski definition) is 2. The van der Waals surface area contributed by atoms with E-state index in [0.29, 0.717) is 11.6 Å². The Labute approximate surface area is 130 Å². The Balaban J connectivity index is 1.78. The minimum Gasteiger partial charge on any atom is -0.388 e. The molecular weight excluding hydrogens is 284 g/mol. The van der Waals surface area contributed by atoms with Crippen LogP contribution in [0.1, 0.15) is 38.5 Å². The minimum absolute atomic E-state index is 0.585. The lowest BCUT2D eigenvalue weighted by molar-refractivity contribution is 0.0381.